The van der Waals surface area contributed by atoms with E-state index in [9.17, 15) is 16.8 Å². The van der Waals surface area contributed by atoms with Crippen LogP contribution in [-0.2, 0) is 26.6 Å². The summed E-state index contributed by atoms with van der Waals surface area (Å²) < 4.78 is 57.1. The first-order chi connectivity index (χ1) is 16.0. The van der Waals surface area contributed by atoms with Gasteiger partial charge in [-0.3, -0.25) is 9.71 Å². The molecule has 3 aromatic carbocycles. The van der Waals surface area contributed by atoms with Gasteiger partial charge in [0.25, 0.3) is 20.0 Å². The van der Waals surface area contributed by atoms with Gasteiger partial charge in [0.2, 0.25) is 0 Å². The summed E-state index contributed by atoms with van der Waals surface area (Å²) in [5, 5.41) is 0. The Balaban J connectivity index is 1.89. The van der Waals surface area contributed by atoms with Crippen LogP contribution in [0.2, 0.25) is 0 Å². The Labute approximate surface area is 200 Å². The zero-order valence-corrected chi connectivity index (χ0v) is 20.5. The number of benzene rings is 3. The molecule has 0 aromatic heterocycles. The summed E-state index contributed by atoms with van der Waals surface area (Å²) in [6.07, 6.45) is -0.303. The second kappa shape index (κ2) is 10.6. The summed E-state index contributed by atoms with van der Waals surface area (Å²) in [6, 6.07) is 21.7. The Morgan fingerprint density at radius 1 is 0.794 bits per heavy atom. The first-order valence-electron chi connectivity index (χ1n) is 10.4. The monoisotopic (exact) mass is 498 g/mol. The number of nitrogens with one attached hydrogen (secondary N) is 1. The standard InChI is InChI=1S/C24H26N4O4S2/c1-18-8-12-21(13-9-18)33(29,30)27-23(25)16-24(26-17-20-6-4-3-5-7-20)28-34(31,32)22-14-10-19(2)11-15-22/h3-15H,16-17H2,1-2H3,(H2,25,27)(H,26,28). The minimum Gasteiger partial charge on any atom is -0.386 e. The van der Waals surface area contributed by atoms with Gasteiger partial charge in [-0.1, -0.05) is 65.7 Å². The quantitative estimate of drug-likeness (QED) is 0.363. The van der Waals surface area contributed by atoms with E-state index in [2.05, 4.69) is 14.1 Å². The van der Waals surface area contributed by atoms with Crippen molar-refractivity contribution in [1.82, 2.24) is 4.72 Å². The molecule has 8 nitrogen and oxygen atoms in total. The summed E-state index contributed by atoms with van der Waals surface area (Å²) in [7, 11) is -8.03. The smallest absolute Gasteiger partial charge is 0.283 e. The molecule has 0 atom stereocenters. The van der Waals surface area contributed by atoms with Gasteiger partial charge in [0, 0.05) is 0 Å². The average Bonchev–Trinajstić information content (AvgIpc) is 2.78. The fourth-order valence-corrected chi connectivity index (χ4v) is 4.96. The van der Waals surface area contributed by atoms with E-state index in [4.69, 9.17) is 5.73 Å². The lowest BCUT2D eigenvalue weighted by atomic mass is 10.2. The number of nitrogens with zero attached hydrogens (tertiary/aromatic N) is 2. The third kappa shape index (κ3) is 7.00. The molecule has 178 valence electrons. The molecule has 0 heterocycles. The fourth-order valence-electron chi connectivity index (χ4n) is 2.95. The maximum atomic E-state index is 12.9. The van der Waals surface area contributed by atoms with E-state index in [0.717, 1.165) is 16.7 Å². The normalized spacial score (nSPS) is 13.0. The molecule has 0 radical (unpaired) electrons. The van der Waals surface area contributed by atoms with Crippen molar-refractivity contribution < 1.29 is 16.8 Å². The number of amidine groups is 2. The van der Waals surface area contributed by atoms with E-state index in [-0.39, 0.29) is 34.4 Å². The Kier molecular flexibility index (Phi) is 7.85. The Hall–Kier alpha value is -3.50. The van der Waals surface area contributed by atoms with Crippen LogP contribution >= 0.6 is 0 Å². The fraction of sp³-hybridized carbons (Fsp3) is 0.167. The van der Waals surface area contributed by atoms with Gasteiger partial charge in [-0.15, -0.1) is 4.40 Å². The Morgan fingerprint density at radius 3 is 1.88 bits per heavy atom. The van der Waals surface area contributed by atoms with E-state index in [1.165, 1.54) is 24.3 Å². The van der Waals surface area contributed by atoms with Gasteiger partial charge in [0.05, 0.1) is 22.8 Å². The summed E-state index contributed by atoms with van der Waals surface area (Å²) in [6.45, 7) is 3.86. The molecule has 10 heteroatoms. The zero-order chi connectivity index (χ0) is 24.8. The number of sulfonamides is 2. The maximum Gasteiger partial charge on any atom is 0.283 e. The lowest BCUT2D eigenvalue weighted by Crippen LogP contribution is -2.34. The molecule has 0 spiro atoms. The van der Waals surface area contributed by atoms with Crippen LogP contribution in [-0.4, -0.2) is 28.5 Å². The SMILES string of the molecule is Cc1ccc(S(=O)(=O)/N=C(\N)CC(=NCc2ccccc2)NS(=O)(=O)c2ccc(C)cc2)cc1. The lowest BCUT2D eigenvalue weighted by Gasteiger charge is -2.12. The molecule has 0 saturated heterocycles. The van der Waals surface area contributed by atoms with E-state index in [1.54, 1.807) is 24.3 Å². The highest BCUT2D eigenvalue weighted by molar-refractivity contribution is 7.90. The highest BCUT2D eigenvalue weighted by Gasteiger charge is 2.19. The minimum absolute atomic E-state index is 0.0101. The van der Waals surface area contributed by atoms with E-state index in [0.29, 0.717) is 0 Å². The summed E-state index contributed by atoms with van der Waals surface area (Å²) in [5.41, 5.74) is 8.59. The number of rotatable bonds is 8. The minimum atomic E-state index is -4.06. The molecule has 0 fully saturated rings. The first kappa shape index (κ1) is 25.1. The van der Waals surface area contributed by atoms with Crippen LogP contribution in [0.15, 0.2) is 98.0 Å². The van der Waals surface area contributed by atoms with E-state index >= 15 is 0 Å². The summed E-state index contributed by atoms with van der Waals surface area (Å²) >= 11 is 0. The van der Waals surface area contributed by atoms with Gasteiger partial charge >= 0.3 is 0 Å². The van der Waals surface area contributed by atoms with Gasteiger partial charge in [0.1, 0.15) is 11.7 Å². The van der Waals surface area contributed by atoms with Gasteiger partial charge in [-0.2, -0.15) is 8.42 Å². The van der Waals surface area contributed by atoms with Crippen molar-refractivity contribution in [2.75, 3.05) is 0 Å². The molecule has 0 amide bonds. The molecule has 3 rings (SSSR count). The largest absolute Gasteiger partial charge is 0.386 e. The van der Waals surface area contributed by atoms with Gasteiger partial charge < -0.3 is 5.73 Å². The van der Waals surface area contributed by atoms with Crippen molar-refractivity contribution in [2.24, 2.45) is 15.1 Å². The number of hydrogen-bond acceptors (Lipinski definition) is 5. The predicted molar refractivity (Wildman–Crippen MR) is 134 cm³/mol. The number of aryl methyl sites for hydroxylation is 2. The predicted octanol–water partition coefficient (Wildman–Crippen LogP) is 3.32. The number of aliphatic imine (C=N–C) groups is 1. The number of nitrogens with two attached hydrogens (primary N) is 1. The summed E-state index contributed by atoms with van der Waals surface area (Å²) in [4.78, 5) is 4.39. The van der Waals surface area contributed by atoms with Crippen molar-refractivity contribution in [1.29, 1.82) is 0 Å². The second-order valence-corrected chi connectivity index (χ2v) is 11.0. The third-order valence-electron chi connectivity index (χ3n) is 4.78. The van der Waals surface area contributed by atoms with Gasteiger partial charge in [0.15, 0.2) is 0 Å². The van der Waals surface area contributed by atoms with Crippen molar-refractivity contribution in [3.8, 4) is 0 Å². The highest BCUT2D eigenvalue weighted by Crippen LogP contribution is 2.14. The third-order valence-corrected chi connectivity index (χ3v) is 7.52. The van der Waals surface area contributed by atoms with Crippen LogP contribution in [0, 0.1) is 13.8 Å². The molecular formula is C24H26N4O4S2. The number of hydrogen-bond donors (Lipinski definition) is 2. The van der Waals surface area contributed by atoms with Crippen LogP contribution in [0.3, 0.4) is 0 Å². The first-order valence-corrected chi connectivity index (χ1v) is 13.3. The van der Waals surface area contributed by atoms with Crippen LogP contribution in [0.5, 0.6) is 0 Å². The maximum absolute atomic E-state index is 12.9. The topological polar surface area (TPSA) is 131 Å². The molecule has 0 bridgehead atoms. The molecule has 34 heavy (non-hydrogen) atoms. The second-order valence-electron chi connectivity index (χ2n) is 7.71. The highest BCUT2D eigenvalue weighted by atomic mass is 32.2. The molecule has 3 N–H and O–H groups in total. The van der Waals surface area contributed by atoms with Gasteiger partial charge in [-0.25, -0.2) is 8.42 Å². The van der Waals surface area contributed by atoms with Crippen molar-refractivity contribution in [3.05, 3.63) is 95.6 Å². The average molecular weight is 499 g/mol. The molecule has 0 unspecified atom stereocenters. The van der Waals surface area contributed by atoms with Crippen LogP contribution in [0.1, 0.15) is 23.1 Å². The molecule has 0 saturated carbocycles. The zero-order valence-electron chi connectivity index (χ0n) is 18.8. The van der Waals surface area contributed by atoms with Crippen molar-refractivity contribution in [2.45, 2.75) is 36.6 Å². The van der Waals surface area contributed by atoms with Crippen LogP contribution in [0.25, 0.3) is 0 Å². The molecule has 0 aliphatic heterocycles. The Morgan fingerprint density at radius 2 is 1.32 bits per heavy atom. The van der Waals surface area contributed by atoms with Gasteiger partial charge in [-0.05, 0) is 43.7 Å². The molecule has 3 aromatic rings. The molecule has 0 aliphatic rings. The van der Waals surface area contributed by atoms with Crippen molar-refractivity contribution >= 4 is 31.7 Å². The van der Waals surface area contributed by atoms with Crippen LogP contribution < -0.4 is 10.5 Å². The summed E-state index contributed by atoms with van der Waals surface area (Å²) in [5.74, 6) is -0.316. The van der Waals surface area contributed by atoms with Crippen molar-refractivity contribution in [3.63, 3.8) is 0 Å². The molecule has 0 aliphatic carbocycles. The van der Waals surface area contributed by atoms with E-state index < -0.39 is 20.0 Å². The van der Waals surface area contributed by atoms with E-state index in [1.807, 2.05) is 44.2 Å². The Bertz CT molecular complexity index is 1400. The van der Waals surface area contributed by atoms with Crippen LogP contribution in [0.4, 0.5) is 0 Å². The lowest BCUT2D eigenvalue weighted by molar-refractivity contribution is 0.592. The molecular weight excluding hydrogens is 472 g/mol.